The Hall–Kier alpha value is -2.89. The van der Waals surface area contributed by atoms with Crippen molar-refractivity contribution in [2.24, 2.45) is 0 Å². The van der Waals surface area contributed by atoms with E-state index < -0.39 is 0 Å². The second kappa shape index (κ2) is 6.70. The molecule has 6 heteroatoms. The summed E-state index contributed by atoms with van der Waals surface area (Å²) < 4.78 is 5.95. The topological polar surface area (TPSA) is 86.0 Å². The highest BCUT2D eigenvalue weighted by Gasteiger charge is 2.13. The molecule has 3 aromatic rings. The molecule has 1 aromatic carbocycles. The summed E-state index contributed by atoms with van der Waals surface area (Å²) in [6.07, 6.45) is 2.41. The summed E-state index contributed by atoms with van der Waals surface area (Å²) in [5.74, 6) is 1.53. The van der Waals surface area contributed by atoms with Gasteiger partial charge in [-0.1, -0.05) is 25.1 Å². The zero-order valence-electron chi connectivity index (χ0n) is 14.1. The summed E-state index contributed by atoms with van der Waals surface area (Å²) in [5, 5.41) is 4.26. The largest absolute Gasteiger partial charge is 0.435 e. The van der Waals surface area contributed by atoms with Crippen LogP contribution in [0.2, 0.25) is 0 Å². The Morgan fingerprint density at radius 2 is 2.04 bits per heavy atom. The van der Waals surface area contributed by atoms with Crippen molar-refractivity contribution >= 4 is 22.4 Å². The number of benzene rings is 1. The van der Waals surface area contributed by atoms with Crippen LogP contribution < -0.4 is 15.8 Å². The van der Waals surface area contributed by atoms with Crippen molar-refractivity contribution in [3.8, 4) is 11.6 Å². The van der Waals surface area contributed by atoms with E-state index in [1.807, 2.05) is 37.3 Å². The van der Waals surface area contributed by atoms with Crippen molar-refractivity contribution in [1.82, 2.24) is 15.0 Å². The summed E-state index contributed by atoms with van der Waals surface area (Å²) in [5.41, 5.74) is 8.27. The molecule has 124 valence electrons. The van der Waals surface area contributed by atoms with Crippen LogP contribution in [0.3, 0.4) is 0 Å². The van der Waals surface area contributed by atoms with Gasteiger partial charge in [0.2, 0.25) is 5.88 Å². The number of nitrogens with one attached hydrogen (secondary N) is 1. The Bertz CT molecular complexity index is 865. The van der Waals surface area contributed by atoms with Gasteiger partial charge < -0.3 is 15.8 Å². The van der Waals surface area contributed by atoms with Gasteiger partial charge in [-0.25, -0.2) is 9.97 Å². The van der Waals surface area contributed by atoms with Crippen LogP contribution in [0.15, 0.2) is 36.7 Å². The fraction of sp³-hybridized carbons (Fsp3) is 0.278. The van der Waals surface area contributed by atoms with E-state index in [9.17, 15) is 0 Å². The third kappa shape index (κ3) is 3.22. The van der Waals surface area contributed by atoms with Crippen LogP contribution in [-0.2, 0) is 0 Å². The van der Waals surface area contributed by atoms with Crippen LogP contribution in [0.1, 0.15) is 26.0 Å². The molecule has 0 aliphatic carbocycles. The molecule has 0 spiro atoms. The number of aryl methyl sites for hydroxylation is 1. The summed E-state index contributed by atoms with van der Waals surface area (Å²) in [6.45, 7) is 6.11. The van der Waals surface area contributed by atoms with Crippen LogP contribution in [0.5, 0.6) is 11.6 Å². The van der Waals surface area contributed by atoms with Gasteiger partial charge in [0.25, 0.3) is 0 Å². The molecule has 0 aliphatic rings. The van der Waals surface area contributed by atoms with Crippen molar-refractivity contribution < 1.29 is 4.74 Å². The van der Waals surface area contributed by atoms with Crippen molar-refractivity contribution in [2.45, 2.75) is 33.2 Å². The Labute approximate surface area is 141 Å². The Morgan fingerprint density at radius 3 is 2.83 bits per heavy atom. The molecular formula is C18H21N5O. The van der Waals surface area contributed by atoms with Crippen molar-refractivity contribution in [1.29, 1.82) is 0 Å². The number of ether oxygens (including phenoxy) is 1. The van der Waals surface area contributed by atoms with E-state index in [2.05, 4.69) is 34.1 Å². The molecular weight excluding hydrogens is 302 g/mol. The number of nitrogen functional groups attached to an aromatic ring is 1. The highest BCUT2D eigenvalue weighted by Crippen LogP contribution is 2.33. The molecule has 1 atom stereocenters. The van der Waals surface area contributed by atoms with Gasteiger partial charge in [0.15, 0.2) is 11.6 Å². The lowest BCUT2D eigenvalue weighted by atomic mass is 10.2. The first-order chi connectivity index (χ1) is 11.6. The monoisotopic (exact) mass is 323 g/mol. The van der Waals surface area contributed by atoms with Gasteiger partial charge in [-0.3, -0.25) is 0 Å². The molecule has 1 unspecified atom stereocenters. The van der Waals surface area contributed by atoms with E-state index in [0.717, 1.165) is 23.0 Å². The lowest BCUT2D eigenvalue weighted by molar-refractivity contribution is 0.468. The molecule has 0 amide bonds. The minimum atomic E-state index is 0.261. The third-order valence-electron chi connectivity index (χ3n) is 3.87. The minimum Gasteiger partial charge on any atom is -0.435 e. The number of rotatable bonds is 5. The number of nitrogens with two attached hydrogens (primary N) is 1. The molecule has 0 fully saturated rings. The molecule has 3 rings (SSSR count). The van der Waals surface area contributed by atoms with Crippen LogP contribution in [0, 0.1) is 6.92 Å². The molecule has 0 bridgehead atoms. The Morgan fingerprint density at radius 1 is 1.21 bits per heavy atom. The highest BCUT2D eigenvalue weighted by atomic mass is 16.5. The number of pyridine rings is 1. The number of fused-ring (bicyclic) bond motifs is 1. The molecule has 0 radical (unpaired) electrons. The second-order valence-corrected chi connectivity index (χ2v) is 5.78. The molecule has 2 heterocycles. The Balaban J connectivity index is 1.97. The lowest BCUT2D eigenvalue weighted by Gasteiger charge is -2.15. The van der Waals surface area contributed by atoms with E-state index in [-0.39, 0.29) is 6.04 Å². The molecule has 3 N–H and O–H groups in total. The van der Waals surface area contributed by atoms with Crippen LogP contribution in [-0.4, -0.2) is 21.0 Å². The molecule has 0 saturated carbocycles. The maximum absolute atomic E-state index is 6.18. The van der Waals surface area contributed by atoms with E-state index in [4.69, 9.17) is 10.5 Å². The van der Waals surface area contributed by atoms with E-state index in [0.29, 0.717) is 23.1 Å². The van der Waals surface area contributed by atoms with E-state index in [1.54, 1.807) is 0 Å². The van der Waals surface area contributed by atoms with E-state index in [1.165, 1.54) is 6.33 Å². The number of hydrogen-bond acceptors (Lipinski definition) is 6. The average molecular weight is 323 g/mol. The first-order valence-electron chi connectivity index (χ1n) is 7.99. The van der Waals surface area contributed by atoms with Crippen molar-refractivity contribution in [2.75, 3.05) is 11.1 Å². The van der Waals surface area contributed by atoms with Gasteiger partial charge >= 0.3 is 0 Å². The molecule has 0 aliphatic heterocycles. The lowest BCUT2D eigenvalue weighted by Crippen LogP contribution is -2.16. The summed E-state index contributed by atoms with van der Waals surface area (Å²) in [4.78, 5) is 12.9. The van der Waals surface area contributed by atoms with E-state index >= 15 is 0 Å². The quantitative estimate of drug-likeness (QED) is 0.740. The summed E-state index contributed by atoms with van der Waals surface area (Å²) >= 11 is 0. The fourth-order valence-corrected chi connectivity index (χ4v) is 2.32. The summed E-state index contributed by atoms with van der Waals surface area (Å²) in [7, 11) is 0. The maximum atomic E-state index is 6.18. The second-order valence-electron chi connectivity index (χ2n) is 5.78. The van der Waals surface area contributed by atoms with Crippen LogP contribution in [0.4, 0.5) is 11.5 Å². The summed E-state index contributed by atoms with van der Waals surface area (Å²) in [6, 6.07) is 10.0. The van der Waals surface area contributed by atoms with Crippen LogP contribution >= 0.6 is 0 Å². The molecule has 24 heavy (non-hydrogen) atoms. The Kier molecular flexibility index (Phi) is 4.46. The van der Waals surface area contributed by atoms with Gasteiger partial charge in [0.05, 0.1) is 0 Å². The zero-order chi connectivity index (χ0) is 17.1. The molecule has 2 aromatic heterocycles. The van der Waals surface area contributed by atoms with Gasteiger partial charge in [-0.15, -0.1) is 0 Å². The maximum Gasteiger partial charge on any atom is 0.248 e. The van der Waals surface area contributed by atoms with Gasteiger partial charge in [-0.05, 0) is 32.4 Å². The zero-order valence-corrected chi connectivity index (χ0v) is 14.1. The fourth-order valence-electron chi connectivity index (χ4n) is 2.32. The van der Waals surface area contributed by atoms with Gasteiger partial charge in [0, 0.05) is 17.1 Å². The molecule has 0 saturated heterocycles. The highest BCUT2D eigenvalue weighted by molar-refractivity contribution is 5.85. The first-order valence-corrected chi connectivity index (χ1v) is 7.99. The number of aromatic nitrogens is 3. The minimum absolute atomic E-state index is 0.261. The van der Waals surface area contributed by atoms with Crippen LogP contribution in [0.25, 0.3) is 10.9 Å². The van der Waals surface area contributed by atoms with Crippen molar-refractivity contribution in [3.05, 3.63) is 42.4 Å². The molecule has 6 nitrogen and oxygen atoms in total. The number of para-hydroxylation sites is 1. The van der Waals surface area contributed by atoms with Gasteiger partial charge in [-0.2, -0.15) is 4.98 Å². The number of hydrogen-bond donors (Lipinski definition) is 2. The van der Waals surface area contributed by atoms with Crippen molar-refractivity contribution in [3.63, 3.8) is 0 Å². The predicted molar refractivity (Wildman–Crippen MR) is 96.4 cm³/mol. The predicted octanol–water partition coefficient (Wildman–Crippen LogP) is 3.92. The standard InChI is InChI=1S/C18H21N5O/c1-4-11(2)23-17-15(19)18(21-10-20-17)24-14-7-5-6-13-9-8-12(3)22-16(13)14/h5-11H,4,19H2,1-3H3,(H,20,21,23). The number of anilines is 2. The number of nitrogens with zero attached hydrogens (tertiary/aromatic N) is 3. The smallest absolute Gasteiger partial charge is 0.248 e. The third-order valence-corrected chi connectivity index (χ3v) is 3.87. The SMILES string of the molecule is CCC(C)Nc1ncnc(Oc2cccc3ccc(C)nc23)c1N. The van der Waals surface area contributed by atoms with Gasteiger partial charge in [0.1, 0.15) is 17.5 Å². The normalized spacial score (nSPS) is 12.1. The first kappa shape index (κ1) is 16.0. The average Bonchev–Trinajstić information content (AvgIpc) is 2.58.